The molecule has 1 rings (SSSR count). The van der Waals surface area contributed by atoms with E-state index in [9.17, 15) is 9.59 Å². The third-order valence-electron chi connectivity index (χ3n) is 1.48. The number of methoxy groups -OCH3 is 1. The van der Waals surface area contributed by atoms with Gasteiger partial charge in [0.1, 0.15) is 5.82 Å². The van der Waals surface area contributed by atoms with E-state index in [1.807, 2.05) is 0 Å². The molecule has 2 N–H and O–H groups in total. The lowest BCUT2D eigenvalue weighted by Crippen LogP contribution is -2.07. The highest BCUT2D eigenvalue weighted by Crippen LogP contribution is 2.07. The molecule has 5 heteroatoms. The first-order valence-electron chi connectivity index (χ1n) is 3.49. The molecule has 0 saturated carbocycles. The summed E-state index contributed by atoms with van der Waals surface area (Å²) in [6, 6.07) is 2.80. The van der Waals surface area contributed by atoms with Crippen LogP contribution in [0.4, 0.5) is 5.82 Å². The normalized spacial score (nSPS) is 9.31. The van der Waals surface area contributed by atoms with Crippen molar-refractivity contribution >= 4 is 18.1 Å². The smallest absolute Gasteiger partial charge is 0.356 e. The fourth-order valence-electron chi connectivity index (χ4n) is 0.804. The minimum absolute atomic E-state index is 0.0258. The van der Waals surface area contributed by atoms with Crippen LogP contribution in [-0.4, -0.2) is 24.3 Å². The van der Waals surface area contributed by atoms with Gasteiger partial charge in [-0.1, -0.05) is 0 Å². The van der Waals surface area contributed by atoms with Gasteiger partial charge in [0.05, 0.1) is 12.7 Å². The number of esters is 1. The van der Waals surface area contributed by atoms with Crippen molar-refractivity contribution < 1.29 is 14.3 Å². The molecule has 1 aromatic heterocycles. The zero-order valence-electron chi connectivity index (χ0n) is 6.98. The van der Waals surface area contributed by atoms with Crippen LogP contribution in [0, 0.1) is 0 Å². The van der Waals surface area contributed by atoms with E-state index in [0.717, 1.165) is 0 Å². The number of nitrogen functional groups attached to an aromatic ring is 1. The molecule has 1 heterocycles. The summed E-state index contributed by atoms with van der Waals surface area (Å²) in [6.07, 6.45) is 0.573. The van der Waals surface area contributed by atoms with Gasteiger partial charge in [0.15, 0.2) is 12.0 Å². The summed E-state index contributed by atoms with van der Waals surface area (Å²) in [5.74, 6) is -0.554. The van der Waals surface area contributed by atoms with Crippen molar-refractivity contribution in [1.82, 2.24) is 4.98 Å². The van der Waals surface area contributed by atoms with Gasteiger partial charge < -0.3 is 10.5 Å². The second kappa shape index (κ2) is 3.66. The Bertz CT molecular complexity index is 349. The van der Waals surface area contributed by atoms with Crippen LogP contribution in [0.3, 0.4) is 0 Å². The Morgan fingerprint density at radius 2 is 2.31 bits per heavy atom. The summed E-state index contributed by atoms with van der Waals surface area (Å²) >= 11 is 0. The SMILES string of the molecule is COC(=O)c1ccc(C=O)c(N)n1. The van der Waals surface area contributed by atoms with Crippen molar-refractivity contribution in [3.8, 4) is 0 Å². The van der Waals surface area contributed by atoms with Gasteiger partial charge in [-0.05, 0) is 12.1 Å². The van der Waals surface area contributed by atoms with Crippen molar-refractivity contribution in [1.29, 1.82) is 0 Å². The molecule has 1 aromatic rings. The summed E-state index contributed by atoms with van der Waals surface area (Å²) in [5.41, 5.74) is 5.72. The molecule has 0 aliphatic rings. The van der Waals surface area contributed by atoms with Gasteiger partial charge in [-0.25, -0.2) is 9.78 Å². The quantitative estimate of drug-likeness (QED) is 0.521. The molecular weight excluding hydrogens is 172 g/mol. The highest BCUT2D eigenvalue weighted by atomic mass is 16.5. The van der Waals surface area contributed by atoms with E-state index in [-0.39, 0.29) is 17.1 Å². The van der Waals surface area contributed by atoms with Crippen LogP contribution in [0.5, 0.6) is 0 Å². The van der Waals surface area contributed by atoms with Gasteiger partial charge in [-0.2, -0.15) is 0 Å². The molecule has 0 fully saturated rings. The molecule has 0 unspecified atom stereocenters. The largest absolute Gasteiger partial charge is 0.464 e. The number of aromatic nitrogens is 1. The minimum atomic E-state index is -0.579. The molecule has 5 nitrogen and oxygen atoms in total. The van der Waals surface area contributed by atoms with E-state index in [4.69, 9.17) is 5.73 Å². The second-order valence-corrected chi connectivity index (χ2v) is 2.28. The van der Waals surface area contributed by atoms with Gasteiger partial charge in [-0.15, -0.1) is 0 Å². The molecule has 0 spiro atoms. The molecule has 0 aliphatic carbocycles. The molecule has 0 saturated heterocycles. The Labute approximate surface area is 74.5 Å². The van der Waals surface area contributed by atoms with Crippen LogP contribution < -0.4 is 5.73 Å². The average Bonchev–Trinajstić information content (AvgIpc) is 2.16. The van der Waals surface area contributed by atoms with Crippen molar-refractivity contribution in [3.63, 3.8) is 0 Å². The van der Waals surface area contributed by atoms with E-state index < -0.39 is 5.97 Å². The standard InChI is InChI=1S/C8H8N2O3/c1-13-8(12)6-3-2-5(4-11)7(9)10-6/h2-4H,1H3,(H2,9,10). The number of anilines is 1. The molecule has 0 aliphatic heterocycles. The first-order valence-corrected chi connectivity index (χ1v) is 3.49. The molecular formula is C8H8N2O3. The lowest BCUT2D eigenvalue weighted by molar-refractivity contribution is 0.0594. The molecule has 0 atom stereocenters. The average molecular weight is 180 g/mol. The Hall–Kier alpha value is -1.91. The molecule has 13 heavy (non-hydrogen) atoms. The number of hydrogen-bond donors (Lipinski definition) is 1. The maximum absolute atomic E-state index is 10.9. The van der Waals surface area contributed by atoms with Crippen LogP contribution in [0.25, 0.3) is 0 Å². The zero-order chi connectivity index (χ0) is 9.84. The fraction of sp³-hybridized carbons (Fsp3) is 0.125. The van der Waals surface area contributed by atoms with Crippen LogP contribution in [0.2, 0.25) is 0 Å². The summed E-state index contributed by atoms with van der Waals surface area (Å²) in [6.45, 7) is 0. The zero-order valence-corrected chi connectivity index (χ0v) is 6.98. The molecule has 0 bridgehead atoms. The number of ether oxygens (including phenoxy) is 1. The number of aldehydes is 1. The lowest BCUT2D eigenvalue weighted by Gasteiger charge is -2.00. The van der Waals surface area contributed by atoms with Crippen LogP contribution in [0.1, 0.15) is 20.8 Å². The van der Waals surface area contributed by atoms with E-state index in [2.05, 4.69) is 9.72 Å². The van der Waals surface area contributed by atoms with E-state index in [1.54, 1.807) is 0 Å². The molecule has 0 amide bonds. The number of pyridine rings is 1. The topological polar surface area (TPSA) is 82.3 Å². The Morgan fingerprint density at radius 1 is 1.62 bits per heavy atom. The summed E-state index contributed by atoms with van der Waals surface area (Å²) in [5, 5.41) is 0. The maximum Gasteiger partial charge on any atom is 0.356 e. The second-order valence-electron chi connectivity index (χ2n) is 2.28. The number of hydrogen-bond acceptors (Lipinski definition) is 5. The highest BCUT2D eigenvalue weighted by molar-refractivity contribution is 5.89. The summed E-state index contributed by atoms with van der Waals surface area (Å²) in [4.78, 5) is 25.0. The van der Waals surface area contributed by atoms with E-state index in [1.165, 1.54) is 19.2 Å². The van der Waals surface area contributed by atoms with E-state index in [0.29, 0.717) is 6.29 Å². The van der Waals surface area contributed by atoms with Crippen molar-refractivity contribution in [2.45, 2.75) is 0 Å². The number of nitrogens with zero attached hydrogens (tertiary/aromatic N) is 1. The monoisotopic (exact) mass is 180 g/mol. The lowest BCUT2D eigenvalue weighted by atomic mass is 10.2. The predicted octanol–water partition coefficient (Wildman–Crippen LogP) is 0.263. The van der Waals surface area contributed by atoms with Crippen LogP contribution >= 0.6 is 0 Å². The minimum Gasteiger partial charge on any atom is -0.464 e. The van der Waals surface area contributed by atoms with Gasteiger partial charge >= 0.3 is 5.97 Å². The first kappa shape index (κ1) is 9.18. The Morgan fingerprint density at radius 3 is 2.77 bits per heavy atom. The first-order chi connectivity index (χ1) is 6.19. The number of nitrogens with two attached hydrogens (primary N) is 1. The fourth-order valence-corrected chi connectivity index (χ4v) is 0.804. The molecule has 0 aromatic carbocycles. The van der Waals surface area contributed by atoms with E-state index >= 15 is 0 Å². The van der Waals surface area contributed by atoms with Gasteiger partial charge in [0.2, 0.25) is 0 Å². The number of carbonyl (C=O) groups is 2. The van der Waals surface area contributed by atoms with Crippen LogP contribution in [-0.2, 0) is 4.74 Å². The predicted molar refractivity (Wildman–Crippen MR) is 45.4 cm³/mol. The Balaban J connectivity index is 3.09. The Kier molecular flexibility index (Phi) is 2.59. The third kappa shape index (κ3) is 1.81. The van der Waals surface area contributed by atoms with Gasteiger partial charge in [0, 0.05) is 0 Å². The highest BCUT2D eigenvalue weighted by Gasteiger charge is 2.08. The summed E-state index contributed by atoms with van der Waals surface area (Å²) in [7, 11) is 1.24. The summed E-state index contributed by atoms with van der Waals surface area (Å²) < 4.78 is 4.42. The molecule has 0 radical (unpaired) electrons. The number of carbonyl (C=O) groups excluding carboxylic acids is 2. The van der Waals surface area contributed by atoms with Gasteiger partial charge in [-0.3, -0.25) is 4.79 Å². The van der Waals surface area contributed by atoms with Crippen molar-refractivity contribution in [3.05, 3.63) is 23.4 Å². The maximum atomic E-state index is 10.9. The van der Waals surface area contributed by atoms with Gasteiger partial charge in [0.25, 0.3) is 0 Å². The molecule has 68 valence electrons. The number of rotatable bonds is 2. The van der Waals surface area contributed by atoms with Crippen molar-refractivity contribution in [2.24, 2.45) is 0 Å². The van der Waals surface area contributed by atoms with Crippen LogP contribution in [0.15, 0.2) is 12.1 Å². The van der Waals surface area contributed by atoms with Crippen molar-refractivity contribution in [2.75, 3.05) is 12.8 Å². The third-order valence-corrected chi connectivity index (χ3v) is 1.48.